The molecule has 7 rings (SSSR count). The summed E-state index contributed by atoms with van der Waals surface area (Å²) in [4.78, 5) is 0. The molecule has 0 spiro atoms. The fourth-order valence-corrected chi connectivity index (χ4v) is 12.3. The molecule has 0 saturated heterocycles. The normalized spacial score (nSPS) is 13.1. The summed E-state index contributed by atoms with van der Waals surface area (Å²) in [6, 6.07) is 44.7. The molecule has 0 saturated carbocycles. The Balaban J connectivity index is 1.50. The maximum absolute atomic E-state index is 4.04. The van der Waals surface area contributed by atoms with Gasteiger partial charge in [-0.15, -0.1) is 5.92 Å². The summed E-state index contributed by atoms with van der Waals surface area (Å²) in [5, 5.41) is 12.9. The lowest BCUT2D eigenvalue weighted by Crippen LogP contribution is -2.29. The summed E-state index contributed by atoms with van der Waals surface area (Å²) in [5.41, 5.74) is 9.60. The van der Waals surface area contributed by atoms with Crippen molar-refractivity contribution in [1.29, 1.82) is 0 Å². The predicted molar refractivity (Wildman–Crippen MR) is 222 cm³/mol. The Bertz CT molecular complexity index is 2500. The lowest BCUT2D eigenvalue weighted by molar-refractivity contribution is 0.959. The van der Waals surface area contributed by atoms with Crippen molar-refractivity contribution in [2.75, 3.05) is 0 Å². The van der Waals surface area contributed by atoms with Gasteiger partial charge in [-0.3, -0.25) is 0 Å². The van der Waals surface area contributed by atoms with Crippen molar-refractivity contribution < 1.29 is 0 Å². The molecule has 0 atom stereocenters. The molecular weight excluding hydrogens is 621 g/mol. The van der Waals surface area contributed by atoms with Gasteiger partial charge in [-0.1, -0.05) is 150 Å². The molecule has 0 radical (unpaired) electrons. The van der Waals surface area contributed by atoms with E-state index in [1.54, 1.807) is 0 Å². The van der Waals surface area contributed by atoms with Crippen LogP contribution in [-0.2, 0) is 6.42 Å². The van der Waals surface area contributed by atoms with Crippen LogP contribution in [0.3, 0.4) is 0 Å². The lowest BCUT2D eigenvalue weighted by Gasteiger charge is -2.46. The molecule has 50 heavy (non-hydrogen) atoms. The average molecular weight is 667 g/mol. The summed E-state index contributed by atoms with van der Waals surface area (Å²) >= 11 is 0. The van der Waals surface area contributed by atoms with Crippen LogP contribution in [0.4, 0.5) is 0 Å². The quantitative estimate of drug-likeness (QED) is 0.161. The second kappa shape index (κ2) is 13.8. The third-order valence-electron chi connectivity index (χ3n) is 10.5. The molecular formula is C49H46S. The Morgan fingerprint density at radius 3 is 1.56 bits per heavy atom. The maximum Gasteiger partial charge on any atom is 0.0399 e. The fraction of sp³-hybridized carbons (Fsp3) is 0.224. The first-order valence-electron chi connectivity index (χ1n) is 17.9. The molecule has 0 aliphatic heterocycles. The minimum absolute atomic E-state index is 0.509. The molecule has 0 aromatic heterocycles. The van der Waals surface area contributed by atoms with E-state index in [2.05, 4.69) is 186 Å². The van der Waals surface area contributed by atoms with Gasteiger partial charge in [-0.05, 0) is 118 Å². The summed E-state index contributed by atoms with van der Waals surface area (Å²) in [6.45, 7) is 16.2. The van der Waals surface area contributed by atoms with E-state index in [0.717, 1.165) is 12.0 Å². The first-order chi connectivity index (χ1) is 24.2. The molecule has 0 amide bonds. The van der Waals surface area contributed by atoms with Crippen molar-refractivity contribution in [2.24, 2.45) is 0 Å². The van der Waals surface area contributed by atoms with Gasteiger partial charge in [0.25, 0.3) is 0 Å². The summed E-state index contributed by atoms with van der Waals surface area (Å²) in [5.74, 6) is 10.8. The molecule has 6 aromatic rings. The first kappa shape index (κ1) is 33.5. The van der Waals surface area contributed by atoms with E-state index in [9.17, 15) is 0 Å². The standard InChI is InChI=1S/C49H46S/c1-8-13-46-47-25-24-43(41-21-19-37-15-10-12-17-39(37)29-41)32-49(47)45(26-27-50(33(2)3,34(4)5)35(6)7)30-44-23-22-42(31-48(44)46)40-20-18-36-14-9-11-16-38(36)28-40/h9-12,14-25,28-29,31-35H,30H2,1-7H3. The number of rotatable bonds is 5. The van der Waals surface area contributed by atoms with Crippen molar-refractivity contribution in [3.8, 4) is 45.3 Å². The molecule has 0 bridgehead atoms. The van der Waals surface area contributed by atoms with Crippen molar-refractivity contribution in [1.82, 2.24) is 0 Å². The number of hydrogen-bond donors (Lipinski definition) is 0. The largest absolute Gasteiger partial charge is 0.170 e. The van der Waals surface area contributed by atoms with Crippen molar-refractivity contribution in [3.05, 3.63) is 143 Å². The molecule has 1 heteroatoms. The first-order valence-corrected chi connectivity index (χ1v) is 19.8. The van der Waals surface area contributed by atoms with Crippen molar-refractivity contribution in [3.63, 3.8) is 0 Å². The van der Waals surface area contributed by atoms with Crippen LogP contribution in [0.1, 0.15) is 59.6 Å². The Morgan fingerprint density at radius 1 is 0.500 bits per heavy atom. The van der Waals surface area contributed by atoms with Gasteiger partial charge < -0.3 is 0 Å². The molecule has 6 aromatic carbocycles. The highest BCUT2D eigenvalue weighted by atomic mass is 32.3. The Kier molecular flexibility index (Phi) is 9.23. The highest BCUT2D eigenvalue weighted by Crippen LogP contribution is 2.59. The number of benzene rings is 6. The van der Waals surface area contributed by atoms with Gasteiger partial charge in [-0.2, -0.15) is 10.0 Å². The Hall–Kier alpha value is -4.95. The third-order valence-corrected chi connectivity index (χ3v) is 15.6. The Morgan fingerprint density at radius 2 is 1.00 bits per heavy atom. The lowest BCUT2D eigenvalue weighted by atomic mass is 9.92. The Labute approximate surface area is 300 Å². The van der Waals surface area contributed by atoms with Crippen molar-refractivity contribution in [2.45, 2.75) is 70.6 Å². The van der Waals surface area contributed by atoms with E-state index >= 15 is 0 Å². The zero-order chi connectivity index (χ0) is 35.0. The van der Waals surface area contributed by atoms with Gasteiger partial charge in [0.1, 0.15) is 0 Å². The minimum Gasteiger partial charge on any atom is -0.170 e. The van der Waals surface area contributed by atoms with Crippen LogP contribution in [0.15, 0.2) is 121 Å². The third kappa shape index (κ3) is 6.06. The van der Waals surface area contributed by atoms with Crippen LogP contribution in [0.5, 0.6) is 0 Å². The van der Waals surface area contributed by atoms with E-state index in [1.807, 2.05) is 6.92 Å². The van der Waals surface area contributed by atoms with Crippen LogP contribution in [0.2, 0.25) is 0 Å². The van der Waals surface area contributed by atoms with Gasteiger partial charge in [0.15, 0.2) is 0 Å². The van der Waals surface area contributed by atoms with E-state index in [0.29, 0.717) is 15.7 Å². The van der Waals surface area contributed by atoms with Gasteiger partial charge in [0, 0.05) is 17.6 Å². The molecule has 248 valence electrons. The number of fused-ring (bicyclic) bond motifs is 4. The zero-order valence-electron chi connectivity index (χ0n) is 30.4. The monoisotopic (exact) mass is 666 g/mol. The molecule has 0 unspecified atom stereocenters. The number of hydrogen-bond acceptors (Lipinski definition) is 0. The fourth-order valence-electron chi connectivity index (χ4n) is 8.01. The smallest absolute Gasteiger partial charge is 0.0399 e. The minimum atomic E-state index is -1.23. The van der Waals surface area contributed by atoms with Crippen LogP contribution in [0, 0.1) is 23.0 Å². The van der Waals surface area contributed by atoms with E-state index in [-0.39, 0.29) is 0 Å². The molecule has 0 nitrogen and oxygen atoms in total. The molecule has 1 aliphatic carbocycles. The second-order valence-corrected chi connectivity index (χ2v) is 18.9. The summed E-state index contributed by atoms with van der Waals surface area (Å²) in [7, 11) is -1.23. The highest BCUT2D eigenvalue weighted by molar-refractivity contribution is 8.38. The van der Waals surface area contributed by atoms with E-state index < -0.39 is 10.0 Å². The zero-order valence-corrected chi connectivity index (χ0v) is 31.2. The van der Waals surface area contributed by atoms with Gasteiger partial charge >= 0.3 is 0 Å². The SMILES string of the molecule is CC#CC1=c2ccc(-c3ccc4ccccc4c3)cc2=C(C#CS(C(C)C)(C(C)C)C(C)C)Cc2ccc(-c3ccc4ccccc4c3)cc21. The molecule has 0 N–H and O–H groups in total. The highest BCUT2D eigenvalue weighted by Gasteiger charge is 2.33. The van der Waals surface area contributed by atoms with Gasteiger partial charge in [0.05, 0.1) is 0 Å². The molecule has 1 aliphatic rings. The average Bonchev–Trinajstić information content (AvgIpc) is 3.25. The maximum atomic E-state index is 4.04. The molecule has 0 fully saturated rings. The predicted octanol–water partition coefficient (Wildman–Crippen LogP) is 11.2. The van der Waals surface area contributed by atoms with Gasteiger partial charge in [-0.25, -0.2) is 0 Å². The van der Waals surface area contributed by atoms with Gasteiger partial charge in [0.2, 0.25) is 0 Å². The van der Waals surface area contributed by atoms with Crippen LogP contribution < -0.4 is 10.4 Å². The van der Waals surface area contributed by atoms with E-state index in [1.165, 1.54) is 70.9 Å². The summed E-state index contributed by atoms with van der Waals surface area (Å²) < 4.78 is 0. The van der Waals surface area contributed by atoms with Crippen LogP contribution >= 0.6 is 10.0 Å². The molecule has 0 heterocycles. The van der Waals surface area contributed by atoms with Crippen molar-refractivity contribution >= 4 is 42.7 Å². The van der Waals surface area contributed by atoms with E-state index in [4.69, 9.17) is 0 Å². The summed E-state index contributed by atoms with van der Waals surface area (Å²) in [6.07, 6.45) is 0.771. The van der Waals surface area contributed by atoms with Crippen LogP contribution in [-0.4, -0.2) is 15.7 Å². The topological polar surface area (TPSA) is 0 Å². The van der Waals surface area contributed by atoms with Crippen LogP contribution in [0.25, 0.3) is 54.9 Å². The second-order valence-electron chi connectivity index (χ2n) is 14.3.